The maximum absolute atomic E-state index is 13.2. The van der Waals surface area contributed by atoms with Crippen molar-refractivity contribution in [2.75, 3.05) is 5.32 Å². The van der Waals surface area contributed by atoms with Gasteiger partial charge in [0.1, 0.15) is 11.6 Å². The minimum absolute atomic E-state index is 0.161. The molecule has 1 nitrogen and oxygen atoms in total. The number of benzene rings is 2. The molecule has 0 spiro atoms. The zero-order valence-corrected chi connectivity index (χ0v) is 11.3. The van der Waals surface area contributed by atoms with Gasteiger partial charge in [0.25, 0.3) is 0 Å². The lowest BCUT2D eigenvalue weighted by Gasteiger charge is -2.18. The number of hydrogen-bond donors (Lipinski definition) is 1. The number of hydrogen-bond acceptors (Lipinski definition) is 1. The Morgan fingerprint density at radius 3 is 2.16 bits per heavy atom. The van der Waals surface area contributed by atoms with Gasteiger partial charge >= 0.3 is 0 Å². The molecule has 0 aliphatic carbocycles. The van der Waals surface area contributed by atoms with Gasteiger partial charge in [-0.2, -0.15) is 0 Å². The van der Waals surface area contributed by atoms with E-state index in [2.05, 4.69) is 11.4 Å². The van der Waals surface area contributed by atoms with Crippen molar-refractivity contribution >= 4 is 5.69 Å². The number of aryl methyl sites for hydroxylation is 2. The highest BCUT2D eigenvalue weighted by atomic mass is 19.1. The molecule has 3 heteroatoms. The summed E-state index contributed by atoms with van der Waals surface area (Å²) in [6.07, 6.45) is 0. The van der Waals surface area contributed by atoms with Crippen LogP contribution in [0.5, 0.6) is 0 Å². The number of nitrogens with one attached hydrogen (secondary N) is 1. The van der Waals surface area contributed by atoms with E-state index in [0.29, 0.717) is 5.56 Å². The molecule has 0 bridgehead atoms. The van der Waals surface area contributed by atoms with Gasteiger partial charge < -0.3 is 5.32 Å². The standard InChI is InChI=1S/C16H17F2N/c1-10-4-5-16(11(2)6-10)19-12(3)13-7-14(17)9-15(18)8-13/h4-9,12,19H,1-3H3. The van der Waals surface area contributed by atoms with Gasteiger partial charge in [-0.3, -0.25) is 0 Å². The molecule has 1 unspecified atom stereocenters. The van der Waals surface area contributed by atoms with Crippen LogP contribution in [-0.4, -0.2) is 0 Å². The van der Waals surface area contributed by atoms with Crippen LogP contribution in [0.2, 0.25) is 0 Å². The first kappa shape index (κ1) is 13.5. The zero-order chi connectivity index (χ0) is 14.0. The highest BCUT2D eigenvalue weighted by Gasteiger charge is 2.09. The number of rotatable bonds is 3. The smallest absolute Gasteiger partial charge is 0.126 e. The summed E-state index contributed by atoms with van der Waals surface area (Å²) in [4.78, 5) is 0. The lowest BCUT2D eigenvalue weighted by molar-refractivity contribution is 0.577. The molecule has 2 aromatic carbocycles. The second kappa shape index (κ2) is 5.39. The molecule has 19 heavy (non-hydrogen) atoms. The van der Waals surface area contributed by atoms with E-state index < -0.39 is 11.6 Å². The summed E-state index contributed by atoms with van der Waals surface area (Å²) in [5.74, 6) is -1.10. The first-order valence-electron chi connectivity index (χ1n) is 6.25. The third-order valence-corrected chi connectivity index (χ3v) is 3.14. The predicted molar refractivity (Wildman–Crippen MR) is 74.3 cm³/mol. The SMILES string of the molecule is Cc1ccc(NC(C)c2cc(F)cc(F)c2)c(C)c1. The molecule has 100 valence electrons. The van der Waals surface area contributed by atoms with Crippen LogP contribution in [0.3, 0.4) is 0 Å². The fraction of sp³-hybridized carbons (Fsp3) is 0.250. The van der Waals surface area contributed by atoms with Crippen molar-refractivity contribution in [3.05, 3.63) is 64.7 Å². The summed E-state index contributed by atoms with van der Waals surface area (Å²) < 4.78 is 26.4. The summed E-state index contributed by atoms with van der Waals surface area (Å²) in [5.41, 5.74) is 3.87. The van der Waals surface area contributed by atoms with Crippen LogP contribution < -0.4 is 5.32 Å². The van der Waals surface area contributed by atoms with Crippen molar-refractivity contribution in [1.82, 2.24) is 0 Å². The Labute approximate surface area is 112 Å². The third-order valence-electron chi connectivity index (χ3n) is 3.14. The Bertz CT molecular complexity index is 573. The molecule has 0 radical (unpaired) electrons. The van der Waals surface area contributed by atoms with E-state index in [-0.39, 0.29) is 6.04 Å². The molecule has 0 amide bonds. The van der Waals surface area contributed by atoms with Crippen LogP contribution in [0.4, 0.5) is 14.5 Å². The van der Waals surface area contributed by atoms with E-state index in [9.17, 15) is 8.78 Å². The average Bonchev–Trinajstić information content (AvgIpc) is 2.31. The van der Waals surface area contributed by atoms with Crippen molar-refractivity contribution in [2.45, 2.75) is 26.8 Å². The van der Waals surface area contributed by atoms with E-state index in [4.69, 9.17) is 0 Å². The highest BCUT2D eigenvalue weighted by molar-refractivity contribution is 5.53. The monoisotopic (exact) mass is 261 g/mol. The summed E-state index contributed by atoms with van der Waals surface area (Å²) in [7, 11) is 0. The van der Waals surface area contributed by atoms with Gasteiger partial charge in [0.05, 0.1) is 0 Å². The Morgan fingerprint density at radius 2 is 1.58 bits per heavy atom. The Morgan fingerprint density at radius 1 is 0.947 bits per heavy atom. The van der Waals surface area contributed by atoms with Crippen molar-refractivity contribution < 1.29 is 8.78 Å². The minimum atomic E-state index is -0.552. The van der Waals surface area contributed by atoms with Gasteiger partial charge in [0.2, 0.25) is 0 Å². The van der Waals surface area contributed by atoms with Gasteiger partial charge in [-0.1, -0.05) is 17.7 Å². The van der Waals surface area contributed by atoms with Gasteiger partial charge in [-0.15, -0.1) is 0 Å². The summed E-state index contributed by atoms with van der Waals surface area (Å²) in [6.45, 7) is 5.92. The molecule has 0 heterocycles. The predicted octanol–water partition coefficient (Wildman–Crippen LogP) is 4.75. The molecular weight excluding hydrogens is 244 g/mol. The molecule has 0 saturated heterocycles. The Hall–Kier alpha value is -1.90. The van der Waals surface area contributed by atoms with Crippen molar-refractivity contribution in [3.63, 3.8) is 0 Å². The second-order valence-electron chi connectivity index (χ2n) is 4.89. The summed E-state index contributed by atoms with van der Waals surface area (Å²) in [5, 5.41) is 3.27. The fourth-order valence-electron chi connectivity index (χ4n) is 2.12. The van der Waals surface area contributed by atoms with Crippen molar-refractivity contribution in [2.24, 2.45) is 0 Å². The van der Waals surface area contributed by atoms with Gasteiger partial charge in [-0.05, 0) is 50.1 Å². The molecule has 0 aromatic heterocycles. The molecule has 2 rings (SSSR count). The maximum Gasteiger partial charge on any atom is 0.126 e. The normalized spacial score (nSPS) is 12.3. The lowest BCUT2D eigenvalue weighted by atomic mass is 10.1. The molecule has 0 aliphatic rings. The van der Waals surface area contributed by atoms with E-state index in [0.717, 1.165) is 17.3 Å². The van der Waals surface area contributed by atoms with Crippen LogP contribution in [0.25, 0.3) is 0 Å². The van der Waals surface area contributed by atoms with E-state index >= 15 is 0 Å². The third kappa shape index (κ3) is 3.31. The van der Waals surface area contributed by atoms with Gasteiger partial charge in [0.15, 0.2) is 0 Å². The minimum Gasteiger partial charge on any atom is -0.378 e. The van der Waals surface area contributed by atoms with Crippen LogP contribution in [-0.2, 0) is 0 Å². The van der Waals surface area contributed by atoms with Gasteiger partial charge in [0, 0.05) is 17.8 Å². The Balaban J connectivity index is 2.22. The largest absolute Gasteiger partial charge is 0.378 e. The van der Waals surface area contributed by atoms with Crippen LogP contribution in [0, 0.1) is 25.5 Å². The molecule has 0 aliphatic heterocycles. The molecule has 2 aromatic rings. The van der Waals surface area contributed by atoms with E-state index in [1.165, 1.54) is 17.7 Å². The molecular formula is C16H17F2N. The molecule has 0 fully saturated rings. The topological polar surface area (TPSA) is 12.0 Å². The molecule has 0 saturated carbocycles. The summed E-state index contributed by atoms with van der Waals surface area (Å²) >= 11 is 0. The van der Waals surface area contributed by atoms with Gasteiger partial charge in [-0.25, -0.2) is 8.78 Å². The quantitative estimate of drug-likeness (QED) is 0.840. The lowest BCUT2D eigenvalue weighted by Crippen LogP contribution is -2.08. The zero-order valence-electron chi connectivity index (χ0n) is 11.3. The first-order chi connectivity index (χ1) is 8.95. The van der Waals surface area contributed by atoms with Crippen LogP contribution in [0.1, 0.15) is 29.7 Å². The maximum atomic E-state index is 13.2. The van der Waals surface area contributed by atoms with Crippen LogP contribution in [0.15, 0.2) is 36.4 Å². The highest BCUT2D eigenvalue weighted by Crippen LogP contribution is 2.24. The van der Waals surface area contributed by atoms with Crippen LogP contribution >= 0.6 is 0 Å². The van der Waals surface area contributed by atoms with E-state index in [1.807, 2.05) is 32.9 Å². The van der Waals surface area contributed by atoms with Crippen molar-refractivity contribution in [1.29, 1.82) is 0 Å². The Kier molecular flexibility index (Phi) is 3.84. The second-order valence-corrected chi connectivity index (χ2v) is 4.89. The number of halogens is 2. The fourth-order valence-corrected chi connectivity index (χ4v) is 2.12. The first-order valence-corrected chi connectivity index (χ1v) is 6.25. The number of anilines is 1. The average molecular weight is 261 g/mol. The van der Waals surface area contributed by atoms with E-state index in [1.54, 1.807) is 0 Å². The summed E-state index contributed by atoms with van der Waals surface area (Å²) in [6, 6.07) is 9.49. The molecule has 1 atom stereocenters. The van der Waals surface area contributed by atoms with Crippen molar-refractivity contribution in [3.8, 4) is 0 Å². The molecule has 1 N–H and O–H groups in total.